The molecule has 1 aliphatic heterocycles. The predicted octanol–water partition coefficient (Wildman–Crippen LogP) is 5.05. The number of benzene rings is 2. The molecule has 0 amide bonds. The largest absolute Gasteiger partial charge is 0.356 e. The van der Waals surface area contributed by atoms with Crippen LogP contribution in [-0.2, 0) is 0 Å². The van der Waals surface area contributed by atoms with E-state index < -0.39 is 0 Å². The van der Waals surface area contributed by atoms with Gasteiger partial charge in [-0.1, -0.05) is 46.3 Å². The van der Waals surface area contributed by atoms with Gasteiger partial charge in [0.25, 0.3) is 0 Å². The Morgan fingerprint density at radius 1 is 0.826 bits per heavy atom. The number of halogens is 1. The summed E-state index contributed by atoms with van der Waals surface area (Å²) in [5.74, 6) is 1.86. The highest BCUT2D eigenvalue weighted by molar-refractivity contribution is 9.10. The first-order valence-electron chi connectivity index (χ1n) is 8.09. The molecule has 0 radical (unpaired) electrons. The van der Waals surface area contributed by atoms with Crippen LogP contribution in [0.2, 0.25) is 0 Å². The summed E-state index contributed by atoms with van der Waals surface area (Å²) in [6.07, 6.45) is 3.79. The van der Waals surface area contributed by atoms with E-state index in [-0.39, 0.29) is 0 Å². The molecule has 4 rings (SSSR count). The van der Waals surface area contributed by atoms with Crippen molar-refractivity contribution < 1.29 is 0 Å². The molecule has 4 heteroatoms. The lowest BCUT2D eigenvalue weighted by Gasteiger charge is -2.29. The van der Waals surface area contributed by atoms with Gasteiger partial charge in [-0.3, -0.25) is 0 Å². The molecule has 1 fully saturated rings. The van der Waals surface area contributed by atoms with Crippen LogP contribution in [-0.4, -0.2) is 23.1 Å². The average Bonchev–Trinajstić information content (AvgIpc) is 2.62. The Bertz CT molecular complexity index is 841. The van der Waals surface area contributed by atoms with Crippen molar-refractivity contribution in [1.82, 2.24) is 9.97 Å². The highest BCUT2D eigenvalue weighted by Gasteiger charge is 2.18. The van der Waals surface area contributed by atoms with Crippen molar-refractivity contribution in [2.45, 2.75) is 19.3 Å². The van der Waals surface area contributed by atoms with Gasteiger partial charge in [0.05, 0.1) is 5.52 Å². The molecule has 23 heavy (non-hydrogen) atoms. The minimum atomic E-state index is 0.789. The molecule has 0 unspecified atom stereocenters. The van der Waals surface area contributed by atoms with Crippen LogP contribution in [0.25, 0.3) is 22.3 Å². The van der Waals surface area contributed by atoms with Gasteiger partial charge in [-0.05, 0) is 37.5 Å². The van der Waals surface area contributed by atoms with Gasteiger partial charge in [-0.2, -0.15) is 0 Å². The maximum Gasteiger partial charge on any atom is 0.163 e. The summed E-state index contributed by atoms with van der Waals surface area (Å²) in [7, 11) is 0. The van der Waals surface area contributed by atoms with Crippen molar-refractivity contribution in [3.8, 4) is 11.4 Å². The summed E-state index contributed by atoms with van der Waals surface area (Å²) in [4.78, 5) is 12.1. The zero-order valence-corrected chi connectivity index (χ0v) is 14.5. The Hall–Kier alpha value is -1.94. The molecule has 0 spiro atoms. The molecule has 3 aromatic rings. The van der Waals surface area contributed by atoms with Crippen LogP contribution in [0.5, 0.6) is 0 Å². The molecule has 116 valence electrons. The first-order valence-corrected chi connectivity index (χ1v) is 8.89. The van der Waals surface area contributed by atoms with E-state index in [9.17, 15) is 0 Å². The van der Waals surface area contributed by atoms with E-state index in [2.05, 4.69) is 45.1 Å². The first-order chi connectivity index (χ1) is 11.3. The minimum absolute atomic E-state index is 0.789. The number of nitrogens with zero attached hydrogens (tertiary/aromatic N) is 3. The van der Waals surface area contributed by atoms with E-state index in [0.717, 1.165) is 45.7 Å². The van der Waals surface area contributed by atoms with Gasteiger partial charge in [-0.25, -0.2) is 9.97 Å². The second-order valence-electron chi connectivity index (χ2n) is 5.92. The second kappa shape index (κ2) is 6.28. The van der Waals surface area contributed by atoms with Gasteiger partial charge in [-0.15, -0.1) is 0 Å². The van der Waals surface area contributed by atoms with Crippen LogP contribution in [0.15, 0.2) is 53.0 Å². The molecule has 3 nitrogen and oxygen atoms in total. The molecule has 0 aliphatic carbocycles. The van der Waals surface area contributed by atoms with Gasteiger partial charge in [0, 0.05) is 28.5 Å². The molecule has 0 saturated carbocycles. The summed E-state index contributed by atoms with van der Waals surface area (Å²) in [6.45, 7) is 2.16. The number of anilines is 1. The van der Waals surface area contributed by atoms with E-state index >= 15 is 0 Å². The number of para-hydroxylation sites is 1. The van der Waals surface area contributed by atoms with E-state index in [4.69, 9.17) is 9.97 Å². The number of piperidine rings is 1. The van der Waals surface area contributed by atoms with Crippen molar-refractivity contribution in [2.24, 2.45) is 0 Å². The molecule has 2 aromatic carbocycles. The second-order valence-corrected chi connectivity index (χ2v) is 6.77. The lowest BCUT2D eigenvalue weighted by Crippen LogP contribution is -2.30. The van der Waals surface area contributed by atoms with Gasteiger partial charge < -0.3 is 4.90 Å². The van der Waals surface area contributed by atoms with E-state index in [1.54, 1.807) is 0 Å². The SMILES string of the molecule is Brc1ccccc1-c1nc(N2CCCCC2)c2ccccc2n1. The van der Waals surface area contributed by atoms with Crippen molar-refractivity contribution >= 4 is 32.7 Å². The topological polar surface area (TPSA) is 29.0 Å². The highest BCUT2D eigenvalue weighted by atomic mass is 79.9. The third kappa shape index (κ3) is 2.83. The number of hydrogen-bond acceptors (Lipinski definition) is 3. The van der Waals surface area contributed by atoms with Gasteiger partial charge in [0.1, 0.15) is 5.82 Å². The summed E-state index contributed by atoms with van der Waals surface area (Å²) in [5.41, 5.74) is 2.05. The van der Waals surface area contributed by atoms with Crippen molar-refractivity contribution in [3.05, 3.63) is 53.0 Å². The first kappa shape index (κ1) is 14.6. The molecule has 1 aromatic heterocycles. The van der Waals surface area contributed by atoms with Crippen LogP contribution in [0.1, 0.15) is 19.3 Å². The van der Waals surface area contributed by atoms with Gasteiger partial charge >= 0.3 is 0 Å². The third-order valence-electron chi connectivity index (χ3n) is 4.35. The zero-order valence-electron chi connectivity index (χ0n) is 12.9. The minimum Gasteiger partial charge on any atom is -0.356 e. The molecular weight excluding hydrogens is 350 g/mol. The lowest BCUT2D eigenvalue weighted by atomic mass is 10.1. The van der Waals surface area contributed by atoms with Crippen molar-refractivity contribution in [1.29, 1.82) is 0 Å². The summed E-state index contributed by atoms with van der Waals surface area (Å²) >= 11 is 3.62. The Morgan fingerprint density at radius 2 is 1.57 bits per heavy atom. The maximum absolute atomic E-state index is 4.94. The third-order valence-corrected chi connectivity index (χ3v) is 5.04. The molecule has 1 saturated heterocycles. The van der Waals surface area contributed by atoms with Gasteiger partial charge in [0.2, 0.25) is 0 Å². The normalized spacial score (nSPS) is 15.1. The maximum atomic E-state index is 4.94. The summed E-state index contributed by atoms with van der Waals surface area (Å²) in [6, 6.07) is 16.5. The van der Waals surface area contributed by atoms with E-state index in [1.165, 1.54) is 19.3 Å². The molecule has 1 aliphatic rings. The highest BCUT2D eigenvalue weighted by Crippen LogP contribution is 2.31. The standard InChI is InChI=1S/C19H18BrN3/c20-16-10-4-2-8-14(16)18-21-17-11-5-3-9-15(17)19(22-18)23-12-6-1-7-13-23/h2-5,8-11H,1,6-7,12-13H2. The van der Waals surface area contributed by atoms with Crippen LogP contribution in [0, 0.1) is 0 Å². The Kier molecular flexibility index (Phi) is 4.00. The number of aromatic nitrogens is 2. The molecule has 0 atom stereocenters. The van der Waals surface area contributed by atoms with Crippen molar-refractivity contribution in [2.75, 3.05) is 18.0 Å². The van der Waals surface area contributed by atoms with Crippen LogP contribution in [0.4, 0.5) is 5.82 Å². The Morgan fingerprint density at radius 3 is 2.39 bits per heavy atom. The summed E-state index contributed by atoms with van der Waals surface area (Å²) in [5, 5.41) is 1.14. The molecule has 0 bridgehead atoms. The lowest BCUT2D eigenvalue weighted by molar-refractivity contribution is 0.575. The zero-order chi connectivity index (χ0) is 15.6. The number of hydrogen-bond donors (Lipinski definition) is 0. The fourth-order valence-corrected chi connectivity index (χ4v) is 3.63. The van der Waals surface area contributed by atoms with Crippen molar-refractivity contribution in [3.63, 3.8) is 0 Å². The number of fused-ring (bicyclic) bond motifs is 1. The molecule has 2 heterocycles. The monoisotopic (exact) mass is 367 g/mol. The van der Waals surface area contributed by atoms with Crippen LogP contribution >= 0.6 is 15.9 Å². The predicted molar refractivity (Wildman–Crippen MR) is 98.7 cm³/mol. The fraction of sp³-hybridized carbons (Fsp3) is 0.263. The Labute approximate surface area is 144 Å². The van der Waals surface area contributed by atoms with E-state index in [1.807, 2.05) is 24.3 Å². The Balaban J connectivity index is 1.91. The van der Waals surface area contributed by atoms with E-state index in [0.29, 0.717) is 0 Å². The van der Waals surface area contributed by atoms with Crippen LogP contribution < -0.4 is 4.90 Å². The van der Waals surface area contributed by atoms with Gasteiger partial charge in [0.15, 0.2) is 5.82 Å². The summed E-state index contributed by atoms with van der Waals surface area (Å²) < 4.78 is 1.03. The quantitative estimate of drug-likeness (QED) is 0.634. The van der Waals surface area contributed by atoms with Crippen LogP contribution in [0.3, 0.4) is 0 Å². The average molecular weight is 368 g/mol. The number of rotatable bonds is 2. The smallest absolute Gasteiger partial charge is 0.163 e. The molecule has 0 N–H and O–H groups in total. The molecular formula is C19H18BrN3. The fourth-order valence-electron chi connectivity index (χ4n) is 3.17.